The number of amidine groups is 1. The highest BCUT2D eigenvalue weighted by atomic mass is 35.5. The molecule has 2 aliphatic heterocycles. The van der Waals surface area contributed by atoms with E-state index in [2.05, 4.69) is 15.2 Å². The average Bonchev–Trinajstić information content (AvgIpc) is 3.49. The molecule has 3 aromatic rings. The van der Waals surface area contributed by atoms with E-state index < -0.39 is 24.1 Å². The number of allylic oxidation sites excluding steroid dienone is 1. The lowest BCUT2D eigenvalue weighted by molar-refractivity contribution is -0.138. The molecule has 0 unspecified atom stereocenters. The Balaban J connectivity index is 1.50. The van der Waals surface area contributed by atoms with Crippen molar-refractivity contribution in [1.29, 1.82) is 0 Å². The number of hydrogen-bond donors (Lipinski definition) is 1. The highest BCUT2D eigenvalue weighted by Crippen LogP contribution is 2.40. The van der Waals surface area contributed by atoms with Gasteiger partial charge in [-0.2, -0.15) is 23.3 Å². The van der Waals surface area contributed by atoms with E-state index in [1.165, 1.54) is 12.1 Å². The van der Waals surface area contributed by atoms with Crippen LogP contribution in [0.4, 0.5) is 22.0 Å². The van der Waals surface area contributed by atoms with Gasteiger partial charge in [0.05, 0.1) is 28.7 Å². The summed E-state index contributed by atoms with van der Waals surface area (Å²) in [5.74, 6) is -0.551. The van der Waals surface area contributed by atoms with Crippen molar-refractivity contribution in [2.75, 3.05) is 32.7 Å². The minimum Gasteiger partial charge on any atom is -0.348 e. The normalized spacial score (nSPS) is 18.6. The van der Waals surface area contributed by atoms with E-state index in [0.717, 1.165) is 28.7 Å². The molecule has 3 heterocycles. The van der Waals surface area contributed by atoms with Gasteiger partial charge in [-0.05, 0) is 59.1 Å². The lowest BCUT2D eigenvalue weighted by atomic mass is 9.93. The Labute approximate surface area is 223 Å². The zero-order valence-corrected chi connectivity index (χ0v) is 21.3. The molecule has 1 saturated heterocycles. The number of carbonyl (C=O) groups is 1. The van der Waals surface area contributed by atoms with E-state index in [-0.39, 0.29) is 28.5 Å². The van der Waals surface area contributed by atoms with Crippen LogP contribution in [0.15, 0.2) is 52.5 Å². The van der Waals surface area contributed by atoms with Gasteiger partial charge in [0, 0.05) is 36.6 Å². The van der Waals surface area contributed by atoms with Crippen LogP contribution in [0, 0.1) is 0 Å². The second kappa shape index (κ2) is 10.7. The molecular formula is C25H21ClF5N5OS. The molecule has 2 aliphatic rings. The van der Waals surface area contributed by atoms with Crippen LogP contribution in [0.3, 0.4) is 0 Å². The molecule has 1 fully saturated rings. The van der Waals surface area contributed by atoms with Crippen LogP contribution in [0.25, 0.3) is 16.5 Å². The van der Waals surface area contributed by atoms with Crippen molar-refractivity contribution in [2.45, 2.75) is 19.0 Å². The summed E-state index contributed by atoms with van der Waals surface area (Å²) in [7, 11) is 0. The zero-order valence-electron chi connectivity index (χ0n) is 19.7. The van der Waals surface area contributed by atoms with Gasteiger partial charge in [-0.3, -0.25) is 14.8 Å². The monoisotopic (exact) mass is 569 g/mol. The number of halogens is 6. The highest BCUT2D eigenvalue weighted by Gasteiger charge is 2.36. The lowest BCUT2D eigenvalue weighted by Crippen LogP contribution is -2.48. The first kappa shape index (κ1) is 26.6. The summed E-state index contributed by atoms with van der Waals surface area (Å²) in [5, 5.41) is 7.93. The largest absolute Gasteiger partial charge is 0.416 e. The van der Waals surface area contributed by atoms with E-state index in [1.807, 2.05) is 4.90 Å². The number of aromatic amines is 1. The fraction of sp³-hybridized carbons (Fsp3) is 0.320. The van der Waals surface area contributed by atoms with Crippen molar-refractivity contribution >= 4 is 50.9 Å². The standard InChI is InChI=1S/C25H21ClF5N5OS/c26-17-3-1-15(19(11-17)25(29,30)31)10-18(14-2-4-20-16(9-14)12-32-34-20)22-23(37)33-24(38-22)36-7-5-35(6-8-36)13-21(27)28/h1-4,9,11-12,21H,5-8,10,13H2,(H,32,34). The Kier molecular flexibility index (Phi) is 7.47. The quantitative estimate of drug-likeness (QED) is 0.315. The maximum Gasteiger partial charge on any atom is 0.416 e. The number of aromatic nitrogens is 2. The molecule has 38 heavy (non-hydrogen) atoms. The van der Waals surface area contributed by atoms with E-state index in [4.69, 9.17) is 11.6 Å². The van der Waals surface area contributed by atoms with Gasteiger partial charge in [-0.1, -0.05) is 23.7 Å². The first-order chi connectivity index (χ1) is 18.1. The summed E-state index contributed by atoms with van der Waals surface area (Å²) in [6.07, 6.45) is -5.67. The summed E-state index contributed by atoms with van der Waals surface area (Å²) in [4.78, 5) is 21.0. The van der Waals surface area contributed by atoms with Crippen molar-refractivity contribution in [2.24, 2.45) is 4.99 Å². The van der Waals surface area contributed by atoms with Gasteiger partial charge in [0.25, 0.3) is 12.3 Å². The maximum absolute atomic E-state index is 13.9. The molecule has 13 heteroatoms. The summed E-state index contributed by atoms with van der Waals surface area (Å²) in [6, 6.07) is 8.82. The third-order valence-electron chi connectivity index (χ3n) is 6.43. The van der Waals surface area contributed by atoms with Crippen molar-refractivity contribution in [1.82, 2.24) is 20.0 Å². The van der Waals surface area contributed by atoms with Gasteiger partial charge < -0.3 is 4.90 Å². The Morgan fingerprint density at radius 2 is 1.87 bits per heavy atom. The molecule has 0 radical (unpaired) electrons. The van der Waals surface area contributed by atoms with E-state index in [1.54, 1.807) is 29.3 Å². The number of piperazine rings is 1. The van der Waals surface area contributed by atoms with Crippen LogP contribution in [0.5, 0.6) is 0 Å². The first-order valence-electron chi connectivity index (χ1n) is 11.7. The van der Waals surface area contributed by atoms with Gasteiger partial charge in [0.1, 0.15) is 0 Å². The predicted molar refractivity (Wildman–Crippen MR) is 137 cm³/mol. The Bertz CT molecular complexity index is 1430. The lowest BCUT2D eigenvalue weighted by Gasteiger charge is -2.35. The molecule has 0 saturated carbocycles. The number of alkyl halides is 5. The van der Waals surface area contributed by atoms with Gasteiger partial charge >= 0.3 is 6.18 Å². The number of amides is 1. The second-order valence-corrected chi connectivity index (χ2v) is 10.4. The van der Waals surface area contributed by atoms with Crippen LogP contribution in [0.1, 0.15) is 16.7 Å². The molecule has 1 aromatic heterocycles. The fourth-order valence-electron chi connectivity index (χ4n) is 4.54. The van der Waals surface area contributed by atoms with Gasteiger partial charge in [0.15, 0.2) is 5.17 Å². The molecule has 1 N–H and O–H groups in total. The van der Waals surface area contributed by atoms with E-state index >= 15 is 0 Å². The topological polar surface area (TPSA) is 64.6 Å². The molecule has 6 nitrogen and oxygen atoms in total. The summed E-state index contributed by atoms with van der Waals surface area (Å²) < 4.78 is 67.1. The van der Waals surface area contributed by atoms with Crippen molar-refractivity contribution in [3.8, 4) is 0 Å². The molecule has 0 bridgehead atoms. The molecule has 2 aromatic carbocycles. The number of nitrogens with one attached hydrogen (secondary N) is 1. The zero-order chi connectivity index (χ0) is 27.0. The minimum atomic E-state index is -4.64. The number of thioether (sulfide) groups is 1. The highest BCUT2D eigenvalue weighted by molar-refractivity contribution is 8.18. The summed E-state index contributed by atoms with van der Waals surface area (Å²) in [6.45, 7) is 1.28. The van der Waals surface area contributed by atoms with Crippen LogP contribution < -0.4 is 0 Å². The average molecular weight is 570 g/mol. The fourth-order valence-corrected chi connectivity index (χ4v) is 5.78. The predicted octanol–water partition coefficient (Wildman–Crippen LogP) is 5.70. The molecule has 0 aliphatic carbocycles. The van der Waals surface area contributed by atoms with Crippen molar-refractivity contribution in [3.05, 3.63) is 69.2 Å². The number of H-pyrrole nitrogens is 1. The van der Waals surface area contributed by atoms with E-state index in [9.17, 15) is 26.7 Å². The SMILES string of the molecule is O=C1N=C(N2CCN(CC(F)F)CC2)SC1=C(Cc1ccc(Cl)cc1C(F)(F)F)c1ccc2[nH]ncc2c1. The second-order valence-electron chi connectivity index (χ2n) is 8.94. The Morgan fingerprint density at radius 3 is 2.58 bits per heavy atom. The van der Waals surface area contributed by atoms with Crippen LogP contribution in [0.2, 0.25) is 5.02 Å². The molecule has 0 spiro atoms. The molecule has 200 valence electrons. The number of aliphatic imine (C=N–C) groups is 1. The third kappa shape index (κ3) is 5.71. The molecular weight excluding hydrogens is 549 g/mol. The minimum absolute atomic E-state index is 0.0286. The number of fused-ring (bicyclic) bond motifs is 1. The third-order valence-corrected chi connectivity index (χ3v) is 7.82. The van der Waals surface area contributed by atoms with Crippen molar-refractivity contribution < 1.29 is 26.7 Å². The van der Waals surface area contributed by atoms with Crippen molar-refractivity contribution in [3.63, 3.8) is 0 Å². The first-order valence-corrected chi connectivity index (χ1v) is 12.9. The Morgan fingerprint density at radius 1 is 1.11 bits per heavy atom. The van der Waals surface area contributed by atoms with Crippen LogP contribution in [-0.2, 0) is 17.4 Å². The number of carbonyl (C=O) groups excluding carboxylic acids is 1. The maximum atomic E-state index is 13.9. The number of benzene rings is 2. The number of hydrogen-bond acceptors (Lipinski definition) is 5. The molecule has 1 amide bonds. The number of nitrogens with zero attached hydrogens (tertiary/aromatic N) is 4. The van der Waals surface area contributed by atoms with Crippen LogP contribution >= 0.6 is 23.4 Å². The smallest absolute Gasteiger partial charge is 0.348 e. The Hall–Kier alpha value is -2.96. The van der Waals surface area contributed by atoms with Crippen LogP contribution in [-0.4, -0.2) is 70.2 Å². The van der Waals surface area contributed by atoms with Gasteiger partial charge in [-0.15, -0.1) is 0 Å². The summed E-state index contributed by atoms with van der Waals surface area (Å²) >= 11 is 6.97. The van der Waals surface area contributed by atoms with E-state index in [0.29, 0.717) is 42.5 Å². The molecule has 5 rings (SSSR count). The number of rotatable bonds is 5. The summed E-state index contributed by atoms with van der Waals surface area (Å²) in [5.41, 5.74) is 0.796. The van der Waals surface area contributed by atoms with Gasteiger partial charge in [-0.25, -0.2) is 8.78 Å². The molecule has 0 atom stereocenters. The van der Waals surface area contributed by atoms with Gasteiger partial charge in [0.2, 0.25) is 0 Å².